The summed E-state index contributed by atoms with van der Waals surface area (Å²) < 4.78 is 1.50. The lowest BCUT2D eigenvalue weighted by Crippen LogP contribution is -2.00. The second-order valence-electron chi connectivity index (χ2n) is 2.48. The minimum atomic E-state index is -1.04. The van der Waals surface area contributed by atoms with Crippen LogP contribution in [0, 0.1) is 0 Å². The zero-order valence-corrected chi connectivity index (χ0v) is 6.35. The first kappa shape index (κ1) is 7.71. The number of carboxylic acid groups (broad SMARTS) is 1. The Morgan fingerprint density at radius 2 is 2.36 bits per heavy atom. The van der Waals surface area contributed by atoms with Crippen LogP contribution in [-0.2, 0) is 0 Å². The van der Waals surface area contributed by atoms with Crippen molar-refractivity contribution in [1.29, 1.82) is 0 Å². The number of aromatic carboxylic acids is 1. The second kappa shape index (κ2) is 2.69. The molecule has 0 fully saturated rings. The third-order valence-corrected chi connectivity index (χ3v) is 1.26. The van der Waals surface area contributed by atoms with Crippen LogP contribution in [0.25, 0.3) is 0 Å². The first-order valence-corrected chi connectivity index (χ1v) is 3.26. The molecule has 0 radical (unpaired) electrons. The van der Waals surface area contributed by atoms with E-state index in [4.69, 9.17) is 5.11 Å². The van der Waals surface area contributed by atoms with Gasteiger partial charge in [-0.2, -0.15) is 0 Å². The smallest absolute Gasteiger partial charge is 0.358 e. The monoisotopic (exact) mass is 155 g/mol. The van der Waals surface area contributed by atoms with E-state index in [2.05, 4.69) is 10.3 Å². The van der Waals surface area contributed by atoms with Crippen molar-refractivity contribution >= 4 is 5.97 Å². The van der Waals surface area contributed by atoms with Crippen molar-refractivity contribution < 1.29 is 9.90 Å². The van der Waals surface area contributed by atoms with Crippen molar-refractivity contribution in [3.8, 4) is 0 Å². The zero-order valence-electron chi connectivity index (χ0n) is 6.35. The molecule has 1 N–H and O–H groups in total. The maximum atomic E-state index is 10.3. The highest BCUT2D eigenvalue weighted by Crippen LogP contribution is 2.01. The fourth-order valence-electron chi connectivity index (χ4n) is 0.627. The number of nitrogens with zero attached hydrogens (tertiary/aromatic N) is 3. The molecule has 0 aliphatic rings. The molecule has 1 aromatic heterocycles. The fourth-order valence-corrected chi connectivity index (χ4v) is 0.627. The average Bonchev–Trinajstić information content (AvgIpc) is 2.33. The number of carboxylic acids is 1. The molecule has 5 heteroatoms. The Labute approximate surface area is 63.6 Å². The number of carbonyl (C=O) groups is 1. The van der Waals surface area contributed by atoms with Crippen molar-refractivity contribution in [3.63, 3.8) is 0 Å². The van der Waals surface area contributed by atoms with Crippen molar-refractivity contribution in [2.45, 2.75) is 19.9 Å². The van der Waals surface area contributed by atoms with Gasteiger partial charge < -0.3 is 5.11 Å². The molecular formula is C6H9N3O2. The quantitative estimate of drug-likeness (QED) is 0.677. The average molecular weight is 155 g/mol. The Hall–Kier alpha value is -1.39. The van der Waals surface area contributed by atoms with E-state index in [1.165, 1.54) is 10.9 Å². The third-order valence-electron chi connectivity index (χ3n) is 1.26. The van der Waals surface area contributed by atoms with E-state index in [-0.39, 0.29) is 11.7 Å². The number of rotatable bonds is 2. The summed E-state index contributed by atoms with van der Waals surface area (Å²) in [6.07, 6.45) is 1.41. The van der Waals surface area contributed by atoms with Gasteiger partial charge in [0.15, 0.2) is 5.69 Å². The maximum absolute atomic E-state index is 10.3. The number of aromatic nitrogens is 3. The fraction of sp³-hybridized carbons (Fsp3) is 0.500. The van der Waals surface area contributed by atoms with Crippen molar-refractivity contribution in [1.82, 2.24) is 15.0 Å². The minimum absolute atomic E-state index is 0.0151. The molecule has 0 amide bonds. The maximum Gasteiger partial charge on any atom is 0.358 e. The predicted octanol–water partition coefficient (Wildman–Crippen LogP) is 0.557. The third kappa shape index (κ3) is 1.54. The van der Waals surface area contributed by atoms with Crippen LogP contribution < -0.4 is 0 Å². The molecule has 1 rings (SSSR count). The summed E-state index contributed by atoms with van der Waals surface area (Å²) in [6, 6.07) is 0.149. The summed E-state index contributed by atoms with van der Waals surface area (Å²) >= 11 is 0. The zero-order chi connectivity index (χ0) is 8.43. The van der Waals surface area contributed by atoms with Gasteiger partial charge in [0.25, 0.3) is 0 Å². The van der Waals surface area contributed by atoms with Gasteiger partial charge in [0.1, 0.15) is 0 Å². The molecule has 1 aromatic rings. The Morgan fingerprint density at radius 3 is 2.64 bits per heavy atom. The number of hydrogen-bond acceptors (Lipinski definition) is 3. The van der Waals surface area contributed by atoms with Gasteiger partial charge in [-0.1, -0.05) is 5.21 Å². The summed E-state index contributed by atoms with van der Waals surface area (Å²) in [5.74, 6) is -1.04. The van der Waals surface area contributed by atoms with Gasteiger partial charge >= 0.3 is 5.97 Å². The van der Waals surface area contributed by atoms with Crippen LogP contribution >= 0.6 is 0 Å². The molecule has 0 unspecified atom stereocenters. The van der Waals surface area contributed by atoms with Crippen LogP contribution in [0.3, 0.4) is 0 Å². The van der Waals surface area contributed by atoms with E-state index >= 15 is 0 Å². The summed E-state index contributed by atoms with van der Waals surface area (Å²) in [4.78, 5) is 10.3. The molecule has 60 valence electrons. The Morgan fingerprint density at radius 1 is 1.73 bits per heavy atom. The van der Waals surface area contributed by atoms with Gasteiger partial charge in [-0.15, -0.1) is 5.10 Å². The Bertz CT molecular complexity index is 267. The standard InChI is InChI=1S/C6H9N3O2/c1-4(2)9-3-5(6(10)11)7-8-9/h3-4H,1-2H3,(H,10,11). The molecule has 11 heavy (non-hydrogen) atoms. The summed E-state index contributed by atoms with van der Waals surface area (Å²) in [7, 11) is 0. The normalized spacial score (nSPS) is 10.5. The van der Waals surface area contributed by atoms with Crippen LogP contribution in [0.4, 0.5) is 0 Å². The van der Waals surface area contributed by atoms with E-state index in [0.29, 0.717) is 0 Å². The van der Waals surface area contributed by atoms with Crippen molar-refractivity contribution in [2.75, 3.05) is 0 Å². The molecule has 0 atom stereocenters. The van der Waals surface area contributed by atoms with Gasteiger partial charge in [0.2, 0.25) is 0 Å². The SMILES string of the molecule is CC(C)n1cc(C(=O)O)nn1. The molecule has 1 heterocycles. The lowest BCUT2D eigenvalue weighted by Gasteiger charge is -2.00. The molecule has 0 aliphatic heterocycles. The summed E-state index contributed by atoms with van der Waals surface area (Å²) in [5, 5.41) is 15.5. The van der Waals surface area contributed by atoms with Gasteiger partial charge in [-0.25, -0.2) is 9.48 Å². The molecule has 5 nitrogen and oxygen atoms in total. The Kier molecular flexibility index (Phi) is 1.89. The summed E-state index contributed by atoms with van der Waals surface area (Å²) in [6.45, 7) is 3.81. The first-order valence-electron chi connectivity index (χ1n) is 3.26. The van der Waals surface area contributed by atoms with Crippen LogP contribution in [-0.4, -0.2) is 26.1 Å². The van der Waals surface area contributed by atoms with Gasteiger partial charge in [0.05, 0.1) is 6.20 Å². The van der Waals surface area contributed by atoms with E-state index in [1.54, 1.807) is 0 Å². The van der Waals surface area contributed by atoms with Crippen molar-refractivity contribution in [2.24, 2.45) is 0 Å². The molecule has 0 aliphatic carbocycles. The predicted molar refractivity (Wildman–Crippen MR) is 37.4 cm³/mol. The van der Waals surface area contributed by atoms with Crippen LogP contribution in [0.2, 0.25) is 0 Å². The van der Waals surface area contributed by atoms with Gasteiger partial charge in [-0.05, 0) is 13.8 Å². The van der Waals surface area contributed by atoms with Gasteiger partial charge in [-0.3, -0.25) is 0 Å². The molecule has 0 saturated carbocycles. The topological polar surface area (TPSA) is 68.0 Å². The molecule has 0 bridgehead atoms. The van der Waals surface area contributed by atoms with E-state index in [0.717, 1.165) is 0 Å². The highest BCUT2D eigenvalue weighted by atomic mass is 16.4. The molecule has 0 aromatic carbocycles. The van der Waals surface area contributed by atoms with E-state index in [1.807, 2.05) is 13.8 Å². The van der Waals surface area contributed by atoms with E-state index < -0.39 is 5.97 Å². The Balaban J connectivity index is 2.90. The highest BCUT2D eigenvalue weighted by molar-refractivity contribution is 5.84. The first-order chi connectivity index (χ1) is 5.11. The molecule has 0 spiro atoms. The summed E-state index contributed by atoms with van der Waals surface area (Å²) in [5.41, 5.74) is -0.0151. The highest BCUT2D eigenvalue weighted by Gasteiger charge is 2.08. The van der Waals surface area contributed by atoms with E-state index in [9.17, 15) is 4.79 Å². The second-order valence-corrected chi connectivity index (χ2v) is 2.48. The van der Waals surface area contributed by atoms with Gasteiger partial charge in [0, 0.05) is 6.04 Å². The van der Waals surface area contributed by atoms with Crippen LogP contribution in [0.5, 0.6) is 0 Å². The number of hydrogen-bond donors (Lipinski definition) is 1. The van der Waals surface area contributed by atoms with Crippen LogP contribution in [0.15, 0.2) is 6.20 Å². The largest absolute Gasteiger partial charge is 0.476 e. The minimum Gasteiger partial charge on any atom is -0.476 e. The lowest BCUT2D eigenvalue weighted by atomic mass is 10.4. The molecular weight excluding hydrogens is 146 g/mol. The molecule has 0 saturated heterocycles. The van der Waals surface area contributed by atoms with Crippen LogP contribution in [0.1, 0.15) is 30.4 Å². The van der Waals surface area contributed by atoms with Crippen molar-refractivity contribution in [3.05, 3.63) is 11.9 Å². The lowest BCUT2D eigenvalue weighted by molar-refractivity contribution is 0.0690.